The summed E-state index contributed by atoms with van der Waals surface area (Å²) in [5, 5.41) is 10.9. The number of hydrogen-bond donors (Lipinski definition) is 4. The van der Waals surface area contributed by atoms with Crippen LogP contribution in [0.5, 0.6) is 0 Å². The summed E-state index contributed by atoms with van der Waals surface area (Å²) in [6.45, 7) is 1.58. The lowest BCUT2D eigenvalue weighted by molar-refractivity contribution is -0.150. The van der Waals surface area contributed by atoms with E-state index in [9.17, 15) is 19.2 Å². The van der Waals surface area contributed by atoms with E-state index in [1.807, 2.05) is 5.32 Å². The first-order valence-corrected chi connectivity index (χ1v) is 5.53. The van der Waals surface area contributed by atoms with Gasteiger partial charge in [-0.1, -0.05) is 0 Å². The molecule has 0 aliphatic carbocycles. The molecule has 0 aromatic rings. The molecule has 9 heteroatoms. The van der Waals surface area contributed by atoms with E-state index in [-0.39, 0.29) is 19.4 Å². The molecule has 2 atom stereocenters. The van der Waals surface area contributed by atoms with Gasteiger partial charge in [0.25, 0.3) is 0 Å². The Morgan fingerprint density at radius 1 is 1.32 bits per heavy atom. The van der Waals surface area contributed by atoms with Gasteiger partial charge in [0, 0.05) is 6.42 Å². The molecule has 108 valence electrons. The summed E-state index contributed by atoms with van der Waals surface area (Å²) in [4.78, 5) is 44.1. The molecule has 0 bridgehead atoms. The van der Waals surface area contributed by atoms with Crippen molar-refractivity contribution in [2.75, 3.05) is 6.61 Å². The number of esters is 1. The number of carbonyl (C=O) groups excluding carboxylic acids is 3. The van der Waals surface area contributed by atoms with Gasteiger partial charge < -0.3 is 26.6 Å². The molecule has 19 heavy (non-hydrogen) atoms. The number of carboxylic acid groups (broad SMARTS) is 1. The van der Waals surface area contributed by atoms with Gasteiger partial charge in [0.1, 0.15) is 6.04 Å². The maximum atomic E-state index is 11.5. The van der Waals surface area contributed by atoms with Crippen LogP contribution < -0.4 is 16.8 Å². The van der Waals surface area contributed by atoms with Crippen molar-refractivity contribution in [3.05, 3.63) is 0 Å². The van der Waals surface area contributed by atoms with Crippen LogP contribution in [0.2, 0.25) is 0 Å². The minimum atomic E-state index is -1.62. The molecule has 1 unspecified atom stereocenters. The first kappa shape index (κ1) is 16.8. The van der Waals surface area contributed by atoms with Gasteiger partial charge in [-0.2, -0.15) is 0 Å². The van der Waals surface area contributed by atoms with Crippen molar-refractivity contribution >= 4 is 23.8 Å². The smallest absolute Gasteiger partial charge is 0.332 e. The van der Waals surface area contributed by atoms with Crippen LogP contribution in [0.3, 0.4) is 0 Å². The molecule has 6 N–H and O–H groups in total. The Balaban J connectivity index is 4.50. The first-order chi connectivity index (χ1) is 8.79. The number of carboxylic acids is 1. The molecule has 0 rings (SSSR count). The van der Waals surface area contributed by atoms with Crippen LogP contribution in [0.1, 0.15) is 19.8 Å². The summed E-state index contributed by atoms with van der Waals surface area (Å²) in [6, 6.07) is -2.96. The third-order valence-corrected chi connectivity index (χ3v) is 2.12. The summed E-state index contributed by atoms with van der Waals surface area (Å²) in [7, 11) is 0. The van der Waals surface area contributed by atoms with Crippen LogP contribution in [0.25, 0.3) is 0 Å². The second kappa shape index (κ2) is 8.03. The van der Waals surface area contributed by atoms with Gasteiger partial charge in [-0.25, -0.2) is 9.59 Å². The zero-order chi connectivity index (χ0) is 15.0. The number of nitrogens with one attached hydrogen (secondary N) is 1. The summed E-state index contributed by atoms with van der Waals surface area (Å²) in [5.74, 6) is -4.00. The molecule has 0 aromatic carbocycles. The number of carbonyl (C=O) groups is 4. The molecule has 0 fully saturated rings. The van der Waals surface area contributed by atoms with Crippen LogP contribution in [0, 0.1) is 0 Å². The van der Waals surface area contributed by atoms with Crippen molar-refractivity contribution in [1.82, 2.24) is 5.32 Å². The topological polar surface area (TPSA) is 162 Å². The second-order valence-corrected chi connectivity index (χ2v) is 3.63. The minimum Gasteiger partial charge on any atom is -0.480 e. The van der Waals surface area contributed by atoms with Crippen molar-refractivity contribution in [2.45, 2.75) is 31.8 Å². The van der Waals surface area contributed by atoms with Crippen molar-refractivity contribution in [2.24, 2.45) is 11.5 Å². The van der Waals surface area contributed by atoms with Gasteiger partial charge in [0.2, 0.25) is 11.8 Å². The second-order valence-electron chi connectivity index (χ2n) is 3.63. The molecular weight excluding hydrogens is 258 g/mol. The summed E-state index contributed by atoms with van der Waals surface area (Å²) >= 11 is 0. The number of nitrogens with two attached hydrogens (primary N) is 2. The van der Waals surface area contributed by atoms with Crippen molar-refractivity contribution in [3.63, 3.8) is 0 Å². The first-order valence-electron chi connectivity index (χ1n) is 5.53. The number of primary amides is 1. The number of amides is 2. The average Bonchev–Trinajstić information content (AvgIpc) is 2.32. The van der Waals surface area contributed by atoms with Crippen molar-refractivity contribution < 1.29 is 29.0 Å². The molecule has 0 spiro atoms. The molecule has 9 nitrogen and oxygen atoms in total. The molecule has 0 aromatic heterocycles. The van der Waals surface area contributed by atoms with E-state index in [4.69, 9.17) is 16.6 Å². The van der Waals surface area contributed by atoms with E-state index in [1.165, 1.54) is 6.92 Å². The highest BCUT2D eigenvalue weighted by Crippen LogP contribution is 1.98. The van der Waals surface area contributed by atoms with Crippen LogP contribution >= 0.6 is 0 Å². The fourth-order valence-electron chi connectivity index (χ4n) is 1.14. The molecule has 0 radical (unpaired) electrons. The summed E-state index contributed by atoms with van der Waals surface area (Å²) in [5.41, 5.74) is 10.2. The average molecular weight is 275 g/mol. The molecule has 2 amide bonds. The third-order valence-electron chi connectivity index (χ3n) is 2.12. The van der Waals surface area contributed by atoms with Crippen molar-refractivity contribution in [1.29, 1.82) is 0 Å². The maximum absolute atomic E-state index is 11.5. The number of rotatable bonds is 8. The normalized spacial score (nSPS) is 13.2. The van der Waals surface area contributed by atoms with Gasteiger partial charge in [-0.05, 0) is 13.3 Å². The Labute approximate surface area is 109 Å². The molecular formula is C10H17N3O6. The molecule has 0 saturated heterocycles. The highest BCUT2D eigenvalue weighted by molar-refractivity contribution is 6.02. The van der Waals surface area contributed by atoms with E-state index < -0.39 is 35.8 Å². The van der Waals surface area contributed by atoms with Crippen molar-refractivity contribution in [3.8, 4) is 0 Å². The molecule has 0 aliphatic rings. The largest absolute Gasteiger partial charge is 0.480 e. The lowest BCUT2D eigenvalue weighted by Gasteiger charge is -2.16. The fraction of sp³-hybridized carbons (Fsp3) is 0.600. The summed E-state index contributed by atoms with van der Waals surface area (Å²) in [6.07, 6.45) is -0.405. The Morgan fingerprint density at radius 3 is 2.32 bits per heavy atom. The van der Waals surface area contributed by atoms with E-state index >= 15 is 0 Å². The van der Waals surface area contributed by atoms with Crippen LogP contribution in [-0.2, 0) is 23.9 Å². The van der Waals surface area contributed by atoms with Gasteiger partial charge in [-0.3, -0.25) is 9.59 Å². The Hall–Kier alpha value is -2.16. The Kier molecular flexibility index (Phi) is 7.12. The Bertz CT molecular complexity index is 370. The van der Waals surface area contributed by atoms with Gasteiger partial charge >= 0.3 is 11.9 Å². The van der Waals surface area contributed by atoms with E-state index in [0.29, 0.717) is 0 Å². The molecule has 0 heterocycles. The number of ether oxygens (including phenoxy) is 1. The van der Waals surface area contributed by atoms with E-state index in [1.54, 1.807) is 0 Å². The van der Waals surface area contributed by atoms with E-state index in [2.05, 4.69) is 4.74 Å². The SMILES string of the molecule is CCOC(=O)C(N)C(=O)N[C@@H](CCC(N)=O)C(=O)O. The third kappa shape index (κ3) is 6.36. The highest BCUT2D eigenvalue weighted by Gasteiger charge is 2.28. The van der Waals surface area contributed by atoms with Gasteiger partial charge in [0.15, 0.2) is 6.04 Å². The summed E-state index contributed by atoms with van der Waals surface area (Å²) < 4.78 is 4.52. The zero-order valence-corrected chi connectivity index (χ0v) is 10.4. The minimum absolute atomic E-state index is 0.0455. The van der Waals surface area contributed by atoms with Gasteiger partial charge in [-0.15, -0.1) is 0 Å². The Morgan fingerprint density at radius 2 is 1.89 bits per heavy atom. The standard InChI is InChI=1S/C10H17N3O6/c1-2-19-10(18)7(12)8(15)13-5(9(16)17)3-4-6(11)14/h5,7H,2-4,12H2,1H3,(H2,11,14)(H,13,15)(H,16,17)/t5-,7?/m0/s1. The van der Waals surface area contributed by atoms with Crippen LogP contribution in [0.15, 0.2) is 0 Å². The monoisotopic (exact) mass is 275 g/mol. The van der Waals surface area contributed by atoms with E-state index in [0.717, 1.165) is 0 Å². The number of hydrogen-bond acceptors (Lipinski definition) is 6. The number of aliphatic carboxylic acids is 1. The maximum Gasteiger partial charge on any atom is 0.332 e. The molecule has 0 saturated carbocycles. The molecule has 0 aliphatic heterocycles. The van der Waals surface area contributed by atoms with Crippen LogP contribution in [0.4, 0.5) is 0 Å². The van der Waals surface area contributed by atoms with Crippen LogP contribution in [-0.4, -0.2) is 47.6 Å². The lowest BCUT2D eigenvalue weighted by atomic mass is 10.1. The predicted octanol–water partition coefficient (Wildman–Crippen LogP) is -2.29. The zero-order valence-electron chi connectivity index (χ0n) is 10.4. The van der Waals surface area contributed by atoms with Gasteiger partial charge in [0.05, 0.1) is 6.61 Å². The fourth-order valence-corrected chi connectivity index (χ4v) is 1.14. The quantitative estimate of drug-likeness (QED) is 0.286. The lowest BCUT2D eigenvalue weighted by Crippen LogP contribution is -2.52. The highest BCUT2D eigenvalue weighted by atomic mass is 16.5. The predicted molar refractivity (Wildman–Crippen MR) is 62.6 cm³/mol.